The first-order valence-corrected chi connectivity index (χ1v) is 6.41. The number of aliphatic hydroxyl groups is 1. The Morgan fingerprint density at radius 1 is 1.39 bits per heavy atom. The van der Waals surface area contributed by atoms with Crippen molar-refractivity contribution in [1.29, 1.82) is 0 Å². The maximum Gasteiger partial charge on any atom is 0.419 e. The van der Waals surface area contributed by atoms with Crippen molar-refractivity contribution in [3.05, 3.63) is 34.3 Å². The number of hydrogen-bond acceptors (Lipinski definition) is 3. The van der Waals surface area contributed by atoms with Gasteiger partial charge in [0.15, 0.2) is 5.58 Å². The molecule has 0 radical (unpaired) electrons. The maximum absolute atomic E-state index is 11.4. The minimum Gasteiger partial charge on any atom is -0.408 e. The summed E-state index contributed by atoms with van der Waals surface area (Å²) in [7, 11) is 1.67. The molecular weight excluding hydrogens is 230 g/mol. The van der Waals surface area contributed by atoms with Gasteiger partial charge in [-0.3, -0.25) is 4.57 Å². The van der Waals surface area contributed by atoms with E-state index in [0.717, 1.165) is 36.8 Å². The Morgan fingerprint density at radius 3 is 2.89 bits per heavy atom. The van der Waals surface area contributed by atoms with E-state index in [1.807, 2.05) is 12.1 Å². The molecule has 0 bridgehead atoms. The fourth-order valence-corrected chi connectivity index (χ4v) is 2.11. The highest BCUT2D eigenvalue weighted by Gasteiger charge is 2.11. The van der Waals surface area contributed by atoms with Crippen LogP contribution in [0.15, 0.2) is 27.4 Å². The Kier molecular flexibility index (Phi) is 3.87. The summed E-state index contributed by atoms with van der Waals surface area (Å²) in [5.74, 6) is -0.373. The number of oxazole rings is 1. The summed E-state index contributed by atoms with van der Waals surface area (Å²) in [6.07, 6.45) is 3.54. The van der Waals surface area contributed by atoms with Crippen LogP contribution in [0.2, 0.25) is 0 Å². The largest absolute Gasteiger partial charge is 0.419 e. The van der Waals surface area contributed by atoms with Gasteiger partial charge in [0, 0.05) is 7.05 Å². The summed E-state index contributed by atoms with van der Waals surface area (Å²) >= 11 is 0. The van der Waals surface area contributed by atoms with Crippen molar-refractivity contribution in [3.63, 3.8) is 0 Å². The number of aromatic nitrogens is 1. The fraction of sp³-hybridized carbons (Fsp3) is 0.500. The van der Waals surface area contributed by atoms with Crippen LogP contribution < -0.4 is 5.76 Å². The molecule has 1 unspecified atom stereocenters. The van der Waals surface area contributed by atoms with E-state index in [1.165, 1.54) is 4.57 Å². The highest BCUT2D eigenvalue weighted by molar-refractivity contribution is 5.73. The molecule has 0 saturated heterocycles. The number of nitrogens with zero attached hydrogens (tertiary/aromatic N) is 1. The number of hydrogen-bond donors (Lipinski definition) is 1. The van der Waals surface area contributed by atoms with Gasteiger partial charge >= 0.3 is 5.76 Å². The zero-order valence-electron chi connectivity index (χ0n) is 10.8. The fourth-order valence-electron chi connectivity index (χ4n) is 2.11. The lowest BCUT2D eigenvalue weighted by atomic mass is 10.0. The van der Waals surface area contributed by atoms with Crippen molar-refractivity contribution < 1.29 is 9.52 Å². The second kappa shape index (κ2) is 5.40. The zero-order valence-corrected chi connectivity index (χ0v) is 10.8. The number of aliphatic hydroxyl groups excluding tert-OH is 1. The average molecular weight is 249 g/mol. The minimum absolute atomic E-state index is 0.373. The number of benzene rings is 1. The van der Waals surface area contributed by atoms with Gasteiger partial charge in [-0.05, 0) is 24.1 Å². The Hall–Kier alpha value is -1.55. The molecule has 18 heavy (non-hydrogen) atoms. The van der Waals surface area contributed by atoms with Crippen molar-refractivity contribution in [1.82, 2.24) is 4.57 Å². The van der Waals surface area contributed by atoms with E-state index in [1.54, 1.807) is 13.1 Å². The number of unbranched alkanes of at least 4 members (excludes halogenated alkanes) is 2. The standard InChI is InChI=1S/C14H19NO3/c1-3-4-5-6-12(16)10-7-8-11-13(9-10)18-14(17)15(11)2/h7-9,12,16H,3-6H2,1-2H3. The predicted octanol–water partition coefficient (Wildman–Crippen LogP) is 2.75. The van der Waals surface area contributed by atoms with E-state index >= 15 is 0 Å². The van der Waals surface area contributed by atoms with Crippen LogP contribution in [0.25, 0.3) is 11.1 Å². The summed E-state index contributed by atoms with van der Waals surface area (Å²) in [5.41, 5.74) is 2.10. The second-order valence-electron chi connectivity index (χ2n) is 4.67. The quantitative estimate of drug-likeness (QED) is 0.829. The molecule has 1 atom stereocenters. The molecule has 1 aromatic carbocycles. The van der Waals surface area contributed by atoms with E-state index < -0.39 is 6.10 Å². The van der Waals surface area contributed by atoms with Crippen LogP contribution in [-0.4, -0.2) is 9.67 Å². The first-order chi connectivity index (χ1) is 8.63. The summed E-state index contributed by atoms with van der Waals surface area (Å²) in [5, 5.41) is 10.1. The van der Waals surface area contributed by atoms with Gasteiger partial charge in [-0.25, -0.2) is 4.79 Å². The number of aryl methyl sites for hydroxylation is 1. The van der Waals surface area contributed by atoms with Gasteiger partial charge < -0.3 is 9.52 Å². The van der Waals surface area contributed by atoms with Crippen LogP contribution in [0, 0.1) is 0 Å². The third-order valence-electron chi connectivity index (χ3n) is 3.28. The molecule has 0 saturated carbocycles. The third kappa shape index (κ3) is 2.48. The molecular formula is C14H19NO3. The SMILES string of the molecule is CCCCCC(O)c1ccc2c(c1)oc(=O)n2C. The predicted molar refractivity (Wildman–Crippen MR) is 70.6 cm³/mol. The molecule has 98 valence electrons. The molecule has 1 heterocycles. The van der Waals surface area contributed by atoms with Crippen molar-refractivity contribution in [2.24, 2.45) is 7.05 Å². The summed E-state index contributed by atoms with van der Waals surface area (Å²) in [6, 6.07) is 5.43. The van der Waals surface area contributed by atoms with E-state index in [2.05, 4.69) is 6.92 Å². The topological polar surface area (TPSA) is 55.4 Å². The first kappa shape index (κ1) is 12.9. The van der Waals surface area contributed by atoms with Crippen molar-refractivity contribution in [3.8, 4) is 0 Å². The van der Waals surface area contributed by atoms with Crippen molar-refractivity contribution in [2.45, 2.75) is 38.7 Å². The second-order valence-corrected chi connectivity index (χ2v) is 4.67. The van der Waals surface area contributed by atoms with Gasteiger partial charge in [0.2, 0.25) is 0 Å². The normalized spacial score (nSPS) is 13.1. The van der Waals surface area contributed by atoms with Crippen LogP contribution >= 0.6 is 0 Å². The Bertz CT molecular complexity index is 582. The Labute approximate surface area is 106 Å². The Balaban J connectivity index is 2.21. The molecule has 0 amide bonds. The lowest BCUT2D eigenvalue weighted by Gasteiger charge is -2.10. The molecule has 1 aromatic heterocycles. The molecule has 0 aliphatic heterocycles. The van der Waals surface area contributed by atoms with Crippen LogP contribution in [0.4, 0.5) is 0 Å². The average Bonchev–Trinajstić information content (AvgIpc) is 2.65. The van der Waals surface area contributed by atoms with Gasteiger partial charge in [-0.2, -0.15) is 0 Å². The molecule has 1 N–H and O–H groups in total. The smallest absolute Gasteiger partial charge is 0.408 e. The van der Waals surface area contributed by atoms with Gasteiger partial charge in [0.25, 0.3) is 0 Å². The van der Waals surface area contributed by atoms with Crippen molar-refractivity contribution in [2.75, 3.05) is 0 Å². The van der Waals surface area contributed by atoms with E-state index in [-0.39, 0.29) is 5.76 Å². The monoisotopic (exact) mass is 249 g/mol. The molecule has 0 fully saturated rings. The summed E-state index contributed by atoms with van der Waals surface area (Å²) in [6.45, 7) is 2.14. The van der Waals surface area contributed by atoms with Crippen LogP contribution in [-0.2, 0) is 7.05 Å². The maximum atomic E-state index is 11.4. The number of fused-ring (bicyclic) bond motifs is 1. The lowest BCUT2D eigenvalue weighted by Crippen LogP contribution is -2.08. The molecule has 2 aromatic rings. The molecule has 2 rings (SSSR count). The Morgan fingerprint density at radius 2 is 2.17 bits per heavy atom. The van der Waals surface area contributed by atoms with Crippen LogP contribution in [0.1, 0.15) is 44.3 Å². The molecule has 4 nitrogen and oxygen atoms in total. The van der Waals surface area contributed by atoms with E-state index in [0.29, 0.717) is 5.58 Å². The van der Waals surface area contributed by atoms with Gasteiger partial charge in [0.1, 0.15) is 0 Å². The molecule has 0 spiro atoms. The van der Waals surface area contributed by atoms with Gasteiger partial charge in [-0.15, -0.1) is 0 Å². The highest BCUT2D eigenvalue weighted by atomic mass is 16.4. The number of rotatable bonds is 5. The van der Waals surface area contributed by atoms with Crippen LogP contribution in [0.3, 0.4) is 0 Å². The minimum atomic E-state index is -0.480. The van der Waals surface area contributed by atoms with Crippen molar-refractivity contribution >= 4 is 11.1 Å². The van der Waals surface area contributed by atoms with E-state index in [4.69, 9.17) is 4.42 Å². The highest BCUT2D eigenvalue weighted by Crippen LogP contribution is 2.23. The summed E-state index contributed by atoms with van der Waals surface area (Å²) in [4.78, 5) is 11.4. The lowest BCUT2D eigenvalue weighted by molar-refractivity contribution is 0.163. The third-order valence-corrected chi connectivity index (χ3v) is 3.28. The van der Waals surface area contributed by atoms with Crippen LogP contribution in [0.5, 0.6) is 0 Å². The molecule has 4 heteroatoms. The van der Waals surface area contributed by atoms with Gasteiger partial charge in [-0.1, -0.05) is 32.3 Å². The molecule has 0 aliphatic carbocycles. The molecule has 0 aliphatic rings. The first-order valence-electron chi connectivity index (χ1n) is 6.41. The zero-order chi connectivity index (χ0) is 13.1. The van der Waals surface area contributed by atoms with Gasteiger partial charge in [0.05, 0.1) is 11.6 Å². The van der Waals surface area contributed by atoms with E-state index in [9.17, 15) is 9.90 Å². The summed E-state index contributed by atoms with van der Waals surface area (Å²) < 4.78 is 6.57.